The number of carbonyl (C=O) groups is 1. The molecule has 3 saturated carbocycles. The number of halogens is 1. The normalized spacial score (nSPS) is 42.8. The van der Waals surface area contributed by atoms with Crippen LogP contribution in [0, 0.1) is 34.4 Å². The number of hydrogen-bond acceptors (Lipinski definition) is 2. The number of aliphatic hydroxyl groups is 1. The number of fused-ring (bicyclic) bond motifs is 5. The van der Waals surface area contributed by atoms with E-state index in [1.165, 1.54) is 17.7 Å². The molecule has 3 fully saturated rings. The van der Waals surface area contributed by atoms with E-state index in [1.54, 1.807) is 6.07 Å². The van der Waals surface area contributed by atoms with Gasteiger partial charge in [-0.3, -0.25) is 4.79 Å². The molecular weight excluding hydrogens is 363 g/mol. The van der Waals surface area contributed by atoms with Gasteiger partial charge < -0.3 is 5.11 Å². The number of Topliss-reactive ketones (excluding diaryl/α,β-unsaturated/α-hetero) is 1. The molecule has 5 rings (SSSR count). The van der Waals surface area contributed by atoms with E-state index in [1.807, 2.05) is 12.1 Å². The first-order valence-electron chi connectivity index (χ1n) is 11.2. The summed E-state index contributed by atoms with van der Waals surface area (Å²) in [6.07, 6.45) is 10.8. The van der Waals surface area contributed by atoms with E-state index in [9.17, 15) is 14.3 Å². The molecule has 3 heteroatoms. The molecular formula is C26H31FO2. The maximum atomic E-state index is 13.6. The lowest BCUT2D eigenvalue weighted by molar-refractivity contribution is -0.130. The topological polar surface area (TPSA) is 37.3 Å². The van der Waals surface area contributed by atoms with Crippen molar-refractivity contribution in [2.75, 3.05) is 0 Å². The molecule has 0 spiro atoms. The molecule has 4 aliphatic carbocycles. The second-order valence-corrected chi connectivity index (χ2v) is 10.4. The number of benzene rings is 1. The van der Waals surface area contributed by atoms with E-state index in [4.69, 9.17) is 0 Å². The lowest BCUT2D eigenvalue weighted by atomic mass is 9.48. The van der Waals surface area contributed by atoms with Crippen molar-refractivity contribution in [1.29, 1.82) is 0 Å². The van der Waals surface area contributed by atoms with Gasteiger partial charge in [0.2, 0.25) is 0 Å². The highest BCUT2D eigenvalue weighted by atomic mass is 19.1. The van der Waals surface area contributed by atoms with Gasteiger partial charge in [0.25, 0.3) is 0 Å². The predicted molar refractivity (Wildman–Crippen MR) is 112 cm³/mol. The predicted octanol–water partition coefficient (Wildman–Crippen LogP) is 5.71. The Hall–Kier alpha value is -1.74. The molecule has 4 aliphatic rings. The Kier molecular flexibility index (Phi) is 4.40. The Morgan fingerprint density at radius 1 is 1.10 bits per heavy atom. The standard InChI is InChI=1S/C26H31FO2/c1-25-10-8-20(28)15-18(25)6-7-21-22(25)9-11-26(2)23(21)14-17(24(26)29)12-16-4-3-5-19(27)13-16/h3-6,12-13,20-23,28H,7-11,14-15H2,1-2H3/b17-12+/t20?,21?,22?,23?,25-,26-/m0/s1. The Morgan fingerprint density at radius 2 is 1.90 bits per heavy atom. The molecule has 1 aromatic rings. The Bertz CT molecular complexity index is 915. The lowest BCUT2D eigenvalue weighted by Gasteiger charge is -2.56. The molecule has 1 N–H and O–H groups in total. The van der Waals surface area contributed by atoms with Gasteiger partial charge in [-0.15, -0.1) is 0 Å². The van der Waals surface area contributed by atoms with E-state index in [-0.39, 0.29) is 28.5 Å². The van der Waals surface area contributed by atoms with Crippen molar-refractivity contribution < 1.29 is 14.3 Å². The van der Waals surface area contributed by atoms with Crippen LogP contribution in [0.25, 0.3) is 6.08 Å². The molecule has 4 unspecified atom stereocenters. The van der Waals surface area contributed by atoms with Gasteiger partial charge >= 0.3 is 0 Å². The number of allylic oxidation sites excluding steroid dienone is 2. The zero-order valence-corrected chi connectivity index (χ0v) is 17.5. The lowest BCUT2D eigenvalue weighted by Crippen LogP contribution is -2.50. The average Bonchev–Trinajstić information content (AvgIpc) is 2.93. The van der Waals surface area contributed by atoms with Crippen LogP contribution in [-0.2, 0) is 4.79 Å². The highest BCUT2D eigenvalue weighted by Crippen LogP contribution is 2.64. The van der Waals surface area contributed by atoms with Crippen molar-refractivity contribution >= 4 is 11.9 Å². The third-order valence-electron chi connectivity index (χ3n) is 8.91. The first kappa shape index (κ1) is 19.2. The molecule has 0 saturated heterocycles. The van der Waals surface area contributed by atoms with Gasteiger partial charge in [-0.05, 0) is 97.5 Å². The summed E-state index contributed by atoms with van der Waals surface area (Å²) in [5.74, 6) is 1.53. The fourth-order valence-corrected chi connectivity index (χ4v) is 7.24. The minimum absolute atomic E-state index is 0.182. The molecule has 1 aromatic carbocycles. The van der Waals surface area contributed by atoms with Crippen molar-refractivity contribution in [2.24, 2.45) is 28.6 Å². The largest absolute Gasteiger partial charge is 0.393 e. The molecule has 0 radical (unpaired) electrons. The number of hydrogen-bond donors (Lipinski definition) is 1. The minimum atomic E-state index is -0.282. The van der Waals surface area contributed by atoms with E-state index in [0.717, 1.165) is 56.1 Å². The Labute approximate surface area is 172 Å². The number of rotatable bonds is 1. The van der Waals surface area contributed by atoms with Gasteiger partial charge in [0.05, 0.1) is 6.10 Å². The molecule has 29 heavy (non-hydrogen) atoms. The highest BCUT2D eigenvalue weighted by Gasteiger charge is 2.59. The number of ketones is 1. The second-order valence-electron chi connectivity index (χ2n) is 10.4. The fourth-order valence-electron chi connectivity index (χ4n) is 7.24. The molecule has 0 heterocycles. The summed E-state index contributed by atoms with van der Waals surface area (Å²) in [6, 6.07) is 6.54. The molecule has 0 bridgehead atoms. The first-order chi connectivity index (χ1) is 13.8. The average molecular weight is 395 g/mol. The van der Waals surface area contributed by atoms with E-state index in [0.29, 0.717) is 17.8 Å². The zero-order valence-electron chi connectivity index (χ0n) is 17.5. The third-order valence-corrected chi connectivity index (χ3v) is 8.91. The van der Waals surface area contributed by atoms with Crippen LogP contribution >= 0.6 is 0 Å². The quantitative estimate of drug-likeness (QED) is 0.489. The van der Waals surface area contributed by atoms with Crippen LogP contribution in [0.15, 0.2) is 41.5 Å². The monoisotopic (exact) mass is 394 g/mol. The molecule has 0 aliphatic heterocycles. The second kappa shape index (κ2) is 6.63. The van der Waals surface area contributed by atoms with Gasteiger partial charge in [0.1, 0.15) is 5.82 Å². The maximum absolute atomic E-state index is 13.6. The van der Waals surface area contributed by atoms with Gasteiger partial charge in [-0.1, -0.05) is 37.6 Å². The SMILES string of the molecule is C[C@]12CCC(O)CC1=CCC1C2CC[C@]2(C)C(=O)/C(=C/c3cccc(F)c3)CC12. The summed E-state index contributed by atoms with van der Waals surface area (Å²) in [5.41, 5.74) is 3.02. The summed E-state index contributed by atoms with van der Waals surface area (Å²) < 4.78 is 13.6. The van der Waals surface area contributed by atoms with Crippen LogP contribution in [0.5, 0.6) is 0 Å². The molecule has 0 aromatic heterocycles. The fraction of sp³-hybridized carbons (Fsp3) is 0.577. The Morgan fingerprint density at radius 3 is 2.69 bits per heavy atom. The van der Waals surface area contributed by atoms with Crippen molar-refractivity contribution in [3.8, 4) is 0 Å². The van der Waals surface area contributed by atoms with Crippen LogP contribution in [-0.4, -0.2) is 17.0 Å². The smallest absolute Gasteiger partial charge is 0.165 e. The van der Waals surface area contributed by atoms with Crippen LogP contribution in [0.1, 0.15) is 64.4 Å². The summed E-state index contributed by atoms with van der Waals surface area (Å²) in [7, 11) is 0. The highest BCUT2D eigenvalue weighted by molar-refractivity contribution is 6.05. The number of aliphatic hydroxyl groups excluding tert-OH is 1. The molecule has 6 atom stereocenters. The van der Waals surface area contributed by atoms with E-state index in [2.05, 4.69) is 19.9 Å². The van der Waals surface area contributed by atoms with Crippen molar-refractivity contribution in [2.45, 2.75) is 64.9 Å². The first-order valence-corrected chi connectivity index (χ1v) is 11.2. The van der Waals surface area contributed by atoms with Gasteiger partial charge in [-0.25, -0.2) is 4.39 Å². The van der Waals surface area contributed by atoms with Gasteiger partial charge in [0, 0.05) is 5.41 Å². The van der Waals surface area contributed by atoms with Crippen LogP contribution < -0.4 is 0 Å². The molecule has 2 nitrogen and oxygen atoms in total. The zero-order chi connectivity index (χ0) is 20.4. The molecule has 0 amide bonds. The van der Waals surface area contributed by atoms with Gasteiger partial charge in [-0.2, -0.15) is 0 Å². The van der Waals surface area contributed by atoms with Gasteiger partial charge in [0.15, 0.2) is 5.78 Å². The Balaban J connectivity index is 1.48. The summed E-state index contributed by atoms with van der Waals surface area (Å²) in [4.78, 5) is 13.4. The maximum Gasteiger partial charge on any atom is 0.165 e. The van der Waals surface area contributed by atoms with Crippen LogP contribution in [0.3, 0.4) is 0 Å². The van der Waals surface area contributed by atoms with Crippen LogP contribution in [0.2, 0.25) is 0 Å². The summed E-state index contributed by atoms with van der Waals surface area (Å²) >= 11 is 0. The third kappa shape index (κ3) is 2.88. The van der Waals surface area contributed by atoms with E-state index < -0.39 is 0 Å². The minimum Gasteiger partial charge on any atom is -0.393 e. The summed E-state index contributed by atoms with van der Waals surface area (Å²) in [6.45, 7) is 4.58. The van der Waals surface area contributed by atoms with Crippen molar-refractivity contribution in [3.63, 3.8) is 0 Å². The van der Waals surface area contributed by atoms with Crippen LogP contribution in [0.4, 0.5) is 4.39 Å². The number of carbonyl (C=O) groups excluding carboxylic acids is 1. The van der Waals surface area contributed by atoms with E-state index >= 15 is 0 Å². The summed E-state index contributed by atoms with van der Waals surface area (Å²) in [5, 5.41) is 10.2. The van der Waals surface area contributed by atoms with Crippen molar-refractivity contribution in [1.82, 2.24) is 0 Å². The molecule has 154 valence electrons. The van der Waals surface area contributed by atoms with Crippen molar-refractivity contribution in [3.05, 3.63) is 52.9 Å².